The molecule has 0 heterocycles. The Morgan fingerprint density at radius 1 is 0.786 bits per heavy atom. The minimum absolute atomic E-state index is 0.741. The third-order valence-corrected chi connectivity index (χ3v) is 2.59. The van der Waals surface area contributed by atoms with Crippen LogP contribution in [0, 0.1) is 0 Å². The van der Waals surface area contributed by atoms with Crippen LogP contribution in [-0.4, -0.2) is 11.6 Å². The summed E-state index contributed by atoms with van der Waals surface area (Å²) in [5.74, 6) is 0. The molecule has 0 rings (SSSR count). The summed E-state index contributed by atoms with van der Waals surface area (Å²) in [4.78, 5) is 10.0. The Labute approximate surface area is 96.1 Å². The van der Waals surface area contributed by atoms with E-state index in [9.17, 15) is 4.79 Å². The number of rotatable bonds is 10. The molecule has 0 aromatic carbocycles. The van der Waals surface area contributed by atoms with Crippen LogP contribution in [0.3, 0.4) is 0 Å². The Bertz CT molecular complexity index is 143. The normalized spacial score (nSPS) is 10.9. The Balaban J connectivity index is 2.95. The topological polar surface area (TPSA) is 17.1 Å². The van der Waals surface area contributed by atoms with Gasteiger partial charge in [-0.3, -0.25) is 0 Å². The second-order valence-electron chi connectivity index (χ2n) is 3.46. The molecule has 0 atom stereocenters. The van der Waals surface area contributed by atoms with Crippen molar-refractivity contribution >= 4 is 22.2 Å². The molecule has 0 saturated carbocycles. The van der Waals surface area contributed by atoms with Gasteiger partial charge < -0.3 is 4.79 Å². The molecule has 0 fully saturated rings. The first-order valence-electron chi connectivity index (χ1n) is 5.56. The van der Waals surface area contributed by atoms with Gasteiger partial charge in [-0.2, -0.15) is 0 Å². The van der Waals surface area contributed by atoms with Crippen molar-refractivity contribution in [2.24, 2.45) is 0 Å². The first-order valence-corrected chi connectivity index (χ1v) is 6.68. The van der Waals surface area contributed by atoms with Crippen LogP contribution in [0.2, 0.25) is 0 Å². The molecule has 0 saturated heterocycles. The maximum absolute atomic E-state index is 10.0. The first-order chi connectivity index (χ1) is 6.91. The fraction of sp³-hybridized carbons (Fsp3) is 0.750. The minimum atomic E-state index is 0.741. The van der Waals surface area contributed by atoms with E-state index in [-0.39, 0.29) is 0 Å². The van der Waals surface area contributed by atoms with Gasteiger partial charge in [-0.15, -0.1) is 0 Å². The van der Waals surface area contributed by atoms with Gasteiger partial charge in [-0.05, 0) is 25.7 Å². The Kier molecular flexibility index (Phi) is 12.8. The van der Waals surface area contributed by atoms with Crippen molar-refractivity contribution in [3.05, 3.63) is 12.2 Å². The van der Waals surface area contributed by atoms with Gasteiger partial charge in [0.25, 0.3) is 0 Å². The van der Waals surface area contributed by atoms with Crippen molar-refractivity contribution in [1.82, 2.24) is 0 Å². The zero-order valence-electron chi connectivity index (χ0n) is 8.88. The molecule has 14 heavy (non-hydrogen) atoms. The average molecular weight is 261 g/mol. The summed E-state index contributed by atoms with van der Waals surface area (Å²) in [7, 11) is 0. The monoisotopic (exact) mass is 260 g/mol. The molecule has 0 aliphatic rings. The highest BCUT2D eigenvalue weighted by molar-refractivity contribution is 9.09. The van der Waals surface area contributed by atoms with E-state index < -0.39 is 0 Å². The lowest BCUT2D eigenvalue weighted by molar-refractivity contribution is -0.107. The van der Waals surface area contributed by atoms with E-state index >= 15 is 0 Å². The van der Waals surface area contributed by atoms with Gasteiger partial charge in [0.1, 0.15) is 6.29 Å². The van der Waals surface area contributed by atoms with Gasteiger partial charge in [0.05, 0.1) is 0 Å². The average Bonchev–Trinajstić information content (AvgIpc) is 2.21. The van der Waals surface area contributed by atoms with Crippen molar-refractivity contribution in [1.29, 1.82) is 0 Å². The van der Waals surface area contributed by atoms with Gasteiger partial charge in [-0.1, -0.05) is 47.3 Å². The predicted molar refractivity (Wildman–Crippen MR) is 65.9 cm³/mol. The van der Waals surface area contributed by atoms with E-state index in [0.29, 0.717) is 0 Å². The fourth-order valence-electron chi connectivity index (χ4n) is 1.32. The van der Waals surface area contributed by atoms with E-state index in [4.69, 9.17) is 0 Å². The first kappa shape index (κ1) is 13.9. The number of hydrogen-bond donors (Lipinski definition) is 0. The molecule has 0 bridgehead atoms. The molecular weight excluding hydrogens is 240 g/mol. The lowest BCUT2D eigenvalue weighted by atomic mass is 10.1. The summed E-state index contributed by atoms with van der Waals surface area (Å²) in [5.41, 5.74) is 0. The van der Waals surface area contributed by atoms with Crippen LogP contribution in [0.1, 0.15) is 51.4 Å². The number of halogens is 1. The second kappa shape index (κ2) is 12.9. The van der Waals surface area contributed by atoms with Gasteiger partial charge >= 0.3 is 0 Å². The molecule has 0 unspecified atom stereocenters. The summed E-state index contributed by atoms with van der Waals surface area (Å²) in [6, 6.07) is 0. The van der Waals surface area contributed by atoms with Crippen LogP contribution < -0.4 is 0 Å². The van der Waals surface area contributed by atoms with E-state index in [2.05, 4.69) is 28.1 Å². The molecule has 1 nitrogen and oxygen atoms in total. The van der Waals surface area contributed by atoms with Crippen LogP contribution >= 0.6 is 15.9 Å². The molecule has 0 amide bonds. The number of hydrogen-bond acceptors (Lipinski definition) is 1. The highest BCUT2D eigenvalue weighted by Gasteiger charge is 1.89. The molecule has 0 spiro atoms. The number of allylic oxidation sites excluding steroid dienone is 2. The number of aldehydes is 1. The third-order valence-electron chi connectivity index (χ3n) is 2.14. The number of carbonyl (C=O) groups excluding carboxylic acids is 1. The molecular formula is C12H21BrO. The quantitative estimate of drug-likeness (QED) is 0.248. The Hall–Kier alpha value is -0.110. The smallest absolute Gasteiger partial charge is 0.119 e. The Morgan fingerprint density at radius 2 is 1.36 bits per heavy atom. The summed E-state index contributed by atoms with van der Waals surface area (Å²) in [6.07, 6.45) is 14.8. The molecule has 0 aromatic rings. The summed E-state index contributed by atoms with van der Waals surface area (Å²) >= 11 is 3.39. The molecule has 2 heteroatoms. The van der Waals surface area contributed by atoms with Crippen LogP contribution in [0.5, 0.6) is 0 Å². The van der Waals surface area contributed by atoms with Crippen molar-refractivity contribution < 1.29 is 4.79 Å². The molecule has 0 aliphatic carbocycles. The highest BCUT2D eigenvalue weighted by Crippen LogP contribution is 2.07. The number of unbranched alkanes of at least 4 members (excludes halogenated alkanes) is 6. The maximum Gasteiger partial charge on any atom is 0.119 e. The van der Waals surface area contributed by atoms with E-state index in [1.807, 2.05) is 0 Å². The van der Waals surface area contributed by atoms with E-state index in [1.54, 1.807) is 0 Å². The van der Waals surface area contributed by atoms with E-state index in [1.165, 1.54) is 32.1 Å². The molecule has 0 N–H and O–H groups in total. The summed E-state index contributed by atoms with van der Waals surface area (Å²) in [5, 5.41) is 1.06. The zero-order valence-corrected chi connectivity index (χ0v) is 10.5. The fourth-order valence-corrected chi connectivity index (χ4v) is 1.58. The largest absolute Gasteiger partial charge is 0.303 e. The number of carbonyl (C=O) groups is 1. The van der Waals surface area contributed by atoms with Crippen molar-refractivity contribution in [3.63, 3.8) is 0 Å². The zero-order chi connectivity index (χ0) is 10.5. The molecule has 82 valence electrons. The van der Waals surface area contributed by atoms with Gasteiger partial charge in [0.2, 0.25) is 0 Å². The van der Waals surface area contributed by atoms with E-state index in [0.717, 1.165) is 30.9 Å². The van der Waals surface area contributed by atoms with Crippen molar-refractivity contribution in [2.45, 2.75) is 51.4 Å². The lowest BCUT2D eigenvalue weighted by Crippen LogP contribution is -1.80. The van der Waals surface area contributed by atoms with Crippen molar-refractivity contribution in [2.75, 3.05) is 5.33 Å². The lowest BCUT2D eigenvalue weighted by Gasteiger charge is -1.97. The predicted octanol–water partition coefficient (Wildman–Crippen LogP) is 4.26. The molecule has 0 radical (unpaired) electrons. The van der Waals surface area contributed by atoms with Crippen LogP contribution in [-0.2, 0) is 4.79 Å². The molecule has 0 aromatic heterocycles. The van der Waals surface area contributed by atoms with Crippen LogP contribution in [0.4, 0.5) is 0 Å². The third kappa shape index (κ3) is 11.9. The summed E-state index contributed by atoms with van der Waals surface area (Å²) in [6.45, 7) is 0. The SMILES string of the molecule is O=CCCCCCCC/C=C/CCBr. The Morgan fingerprint density at radius 3 is 2.00 bits per heavy atom. The standard InChI is InChI=1S/C12H21BrO/c13-11-9-7-5-3-1-2-4-6-8-10-12-14/h5,7,12H,1-4,6,8-11H2/b7-5+. The number of alkyl halides is 1. The van der Waals surface area contributed by atoms with Crippen molar-refractivity contribution in [3.8, 4) is 0 Å². The second-order valence-corrected chi connectivity index (χ2v) is 4.25. The van der Waals surface area contributed by atoms with Crippen LogP contribution in [0.25, 0.3) is 0 Å². The summed E-state index contributed by atoms with van der Waals surface area (Å²) < 4.78 is 0. The van der Waals surface area contributed by atoms with Gasteiger partial charge in [-0.25, -0.2) is 0 Å². The van der Waals surface area contributed by atoms with Gasteiger partial charge in [0, 0.05) is 11.8 Å². The van der Waals surface area contributed by atoms with Gasteiger partial charge in [0.15, 0.2) is 0 Å². The maximum atomic E-state index is 10.0. The highest BCUT2D eigenvalue weighted by atomic mass is 79.9. The molecule has 0 aliphatic heterocycles. The van der Waals surface area contributed by atoms with Crippen LogP contribution in [0.15, 0.2) is 12.2 Å². The minimum Gasteiger partial charge on any atom is -0.303 e.